The zero-order valence-corrected chi connectivity index (χ0v) is 16.0. The summed E-state index contributed by atoms with van der Waals surface area (Å²) in [6.07, 6.45) is 0. The van der Waals surface area contributed by atoms with Gasteiger partial charge in [-0.15, -0.1) is 0 Å². The third-order valence-corrected chi connectivity index (χ3v) is 4.94. The van der Waals surface area contributed by atoms with E-state index in [0.29, 0.717) is 33.0 Å². The van der Waals surface area contributed by atoms with Gasteiger partial charge in [-0.05, 0) is 32.9 Å². The molecule has 0 amide bonds. The number of fused-ring (bicyclic) bond motifs is 1. The standard InChI is InChI=1S/C19H19N3O4S/c1-4-26-18(25)16-11(3)20-10(2)15(16)14(23)9-27-19-21-13-8-6-5-7-12(13)17(24)22-19/h5-8,20H,4,9H2,1-3H3,(H,21,22,24). The maximum Gasteiger partial charge on any atom is 0.340 e. The summed E-state index contributed by atoms with van der Waals surface area (Å²) in [5.74, 6) is -0.725. The fraction of sp³-hybridized carbons (Fsp3) is 0.263. The molecule has 0 saturated heterocycles. The lowest BCUT2D eigenvalue weighted by atomic mass is 10.1. The molecule has 3 rings (SSSR count). The molecule has 140 valence electrons. The maximum atomic E-state index is 12.8. The normalized spacial score (nSPS) is 10.9. The number of aromatic nitrogens is 3. The number of ketones is 1. The molecule has 0 aliphatic rings. The minimum Gasteiger partial charge on any atom is -0.462 e. The number of hydrogen-bond acceptors (Lipinski definition) is 6. The Bertz CT molecular complexity index is 1080. The number of Topliss-reactive ketones (excluding diaryl/α,β-unsaturated/α-hetero) is 1. The third-order valence-electron chi connectivity index (χ3n) is 4.06. The average molecular weight is 385 g/mol. The highest BCUT2D eigenvalue weighted by Crippen LogP contribution is 2.23. The predicted molar refractivity (Wildman–Crippen MR) is 104 cm³/mol. The van der Waals surface area contributed by atoms with Crippen molar-refractivity contribution >= 4 is 34.4 Å². The molecule has 0 radical (unpaired) electrons. The summed E-state index contributed by atoms with van der Waals surface area (Å²) in [5.41, 5.74) is 2.10. The number of benzene rings is 1. The lowest BCUT2D eigenvalue weighted by Crippen LogP contribution is -2.14. The minimum absolute atomic E-state index is 0.0336. The first-order chi connectivity index (χ1) is 12.9. The van der Waals surface area contributed by atoms with Crippen molar-refractivity contribution < 1.29 is 14.3 Å². The smallest absolute Gasteiger partial charge is 0.340 e. The van der Waals surface area contributed by atoms with Gasteiger partial charge in [0.25, 0.3) is 5.56 Å². The molecule has 2 N–H and O–H groups in total. The molecular formula is C19H19N3O4S. The number of thioether (sulfide) groups is 1. The van der Waals surface area contributed by atoms with Crippen LogP contribution < -0.4 is 5.56 Å². The number of aromatic amines is 2. The van der Waals surface area contributed by atoms with Gasteiger partial charge in [0.2, 0.25) is 0 Å². The Morgan fingerprint density at radius 3 is 2.56 bits per heavy atom. The Balaban J connectivity index is 1.85. The zero-order chi connectivity index (χ0) is 19.6. The molecule has 0 fully saturated rings. The number of carbonyl (C=O) groups excluding carboxylic acids is 2. The van der Waals surface area contributed by atoms with Crippen molar-refractivity contribution in [2.24, 2.45) is 0 Å². The SMILES string of the molecule is CCOC(=O)c1c(C)[nH]c(C)c1C(=O)CSc1nc2ccccc2c(=O)[nH]1. The molecule has 0 spiro atoms. The number of aryl methyl sites for hydroxylation is 2. The Hall–Kier alpha value is -2.87. The summed E-state index contributed by atoms with van der Waals surface area (Å²) >= 11 is 1.12. The van der Waals surface area contributed by atoms with E-state index in [9.17, 15) is 14.4 Å². The molecule has 0 bridgehead atoms. The fourth-order valence-corrected chi connectivity index (χ4v) is 3.67. The molecule has 2 aromatic heterocycles. The topological polar surface area (TPSA) is 105 Å². The first-order valence-electron chi connectivity index (χ1n) is 8.43. The van der Waals surface area contributed by atoms with Crippen LogP contribution in [0.4, 0.5) is 0 Å². The Morgan fingerprint density at radius 2 is 1.81 bits per heavy atom. The van der Waals surface area contributed by atoms with E-state index in [1.165, 1.54) is 0 Å². The minimum atomic E-state index is -0.523. The third kappa shape index (κ3) is 3.80. The number of nitrogens with one attached hydrogen (secondary N) is 2. The van der Waals surface area contributed by atoms with E-state index in [0.717, 1.165) is 11.8 Å². The van der Waals surface area contributed by atoms with E-state index < -0.39 is 5.97 Å². The van der Waals surface area contributed by atoms with Crippen LogP contribution in [0.15, 0.2) is 34.2 Å². The first kappa shape index (κ1) is 18.9. The lowest BCUT2D eigenvalue weighted by molar-refractivity contribution is 0.0522. The second-order valence-electron chi connectivity index (χ2n) is 5.95. The highest BCUT2D eigenvalue weighted by molar-refractivity contribution is 7.99. The number of ether oxygens (including phenoxy) is 1. The van der Waals surface area contributed by atoms with E-state index in [1.54, 1.807) is 45.0 Å². The number of carbonyl (C=O) groups is 2. The molecule has 0 unspecified atom stereocenters. The van der Waals surface area contributed by atoms with Gasteiger partial charge in [0.05, 0.1) is 34.4 Å². The second-order valence-corrected chi connectivity index (χ2v) is 6.91. The Kier molecular flexibility index (Phi) is 5.46. The van der Waals surface area contributed by atoms with Gasteiger partial charge in [0.1, 0.15) is 0 Å². The predicted octanol–water partition coefficient (Wildman–Crippen LogP) is 3.02. The Morgan fingerprint density at radius 1 is 1.11 bits per heavy atom. The summed E-state index contributed by atoms with van der Waals surface area (Å²) in [6, 6.07) is 7.00. The molecule has 27 heavy (non-hydrogen) atoms. The fourth-order valence-electron chi connectivity index (χ4n) is 2.93. The number of rotatable bonds is 6. The van der Waals surface area contributed by atoms with Crippen molar-refractivity contribution in [1.82, 2.24) is 15.0 Å². The average Bonchev–Trinajstić information content (AvgIpc) is 2.94. The zero-order valence-electron chi connectivity index (χ0n) is 15.2. The second kappa shape index (κ2) is 7.79. The van der Waals surface area contributed by atoms with Crippen LogP contribution in [0, 0.1) is 13.8 Å². The van der Waals surface area contributed by atoms with E-state index in [1.807, 2.05) is 0 Å². The van der Waals surface area contributed by atoms with Gasteiger partial charge in [-0.3, -0.25) is 9.59 Å². The summed E-state index contributed by atoms with van der Waals surface area (Å²) < 4.78 is 5.06. The van der Waals surface area contributed by atoms with E-state index in [2.05, 4.69) is 15.0 Å². The van der Waals surface area contributed by atoms with Crippen molar-refractivity contribution in [2.75, 3.05) is 12.4 Å². The molecule has 7 nitrogen and oxygen atoms in total. The monoisotopic (exact) mass is 385 g/mol. The molecular weight excluding hydrogens is 366 g/mol. The van der Waals surface area contributed by atoms with Crippen molar-refractivity contribution in [3.05, 3.63) is 57.1 Å². The number of hydrogen-bond donors (Lipinski definition) is 2. The van der Waals surface area contributed by atoms with Crippen LogP contribution in [0.5, 0.6) is 0 Å². The van der Waals surface area contributed by atoms with Crippen LogP contribution in [-0.2, 0) is 4.74 Å². The summed E-state index contributed by atoms with van der Waals surface area (Å²) in [6.45, 7) is 5.41. The van der Waals surface area contributed by atoms with Crippen LogP contribution in [0.1, 0.15) is 39.0 Å². The quantitative estimate of drug-likeness (QED) is 0.292. The highest BCUT2D eigenvalue weighted by atomic mass is 32.2. The highest BCUT2D eigenvalue weighted by Gasteiger charge is 2.25. The molecule has 2 heterocycles. The molecule has 8 heteroatoms. The summed E-state index contributed by atoms with van der Waals surface area (Å²) in [4.78, 5) is 47.2. The maximum absolute atomic E-state index is 12.8. The number of H-pyrrole nitrogens is 2. The van der Waals surface area contributed by atoms with Crippen molar-refractivity contribution in [3.63, 3.8) is 0 Å². The van der Waals surface area contributed by atoms with Gasteiger partial charge in [-0.2, -0.15) is 0 Å². The first-order valence-corrected chi connectivity index (χ1v) is 9.42. The van der Waals surface area contributed by atoms with Crippen LogP contribution >= 0.6 is 11.8 Å². The molecule has 0 aliphatic heterocycles. The molecule has 0 aliphatic carbocycles. The number of para-hydroxylation sites is 1. The van der Waals surface area contributed by atoms with Crippen molar-refractivity contribution in [1.29, 1.82) is 0 Å². The molecule has 1 aromatic carbocycles. The van der Waals surface area contributed by atoms with Crippen molar-refractivity contribution in [3.8, 4) is 0 Å². The van der Waals surface area contributed by atoms with Crippen LogP contribution in [0.2, 0.25) is 0 Å². The summed E-state index contributed by atoms with van der Waals surface area (Å²) in [5, 5.41) is 0.851. The van der Waals surface area contributed by atoms with Gasteiger partial charge < -0.3 is 14.7 Å². The van der Waals surface area contributed by atoms with Gasteiger partial charge in [0, 0.05) is 11.4 Å². The molecule has 3 aromatic rings. The van der Waals surface area contributed by atoms with Gasteiger partial charge in [-0.1, -0.05) is 23.9 Å². The Labute approximate surface area is 159 Å². The number of esters is 1. The lowest BCUT2D eigenvalue weighted by Gasteiger charge is -2.06. The number of nitrogens with zero attached hydrogens (tertiary/aromatic N) is 1. The van der Waals surface area contributed by atoms with Gasteiger partial charge >= 0.3 is 5.97 Å². The largest absolute Gasteiger partial charge is 0.462 e. The van der Waals surface area contributed by atoms with Crippen LogP contribution in [0.25, 0.3) is 10.9 Å². The molecule has 0 saturated carbocycles. The molecule has 0 atom stereocenters. The van der Waals surface area contributed by atoms with E-state index >= 15 is 0 Å². The summed E-state index contributed by atoms with van der Waals surface area (Å²) in [7, 11) is 0. The van der Waals surface area contributed by atoms with E-state index in [4.69, 9.17) is 4.74 Å². The van der Waals surface area contributed by atoms with Crippen LogP contribution in [-0.4, -0.2) is 39.1 Å². The van der Waals surface area contributed by atoms with Crippen LogP contribution in [0.3, 0.4) is 0 Å². The van der Waals surface area contributed by atoms with Gasteiger partial charge in [-0.25, -0.2) is 9.78 Å². The van der Waals surface area contributed by atoms with Gasteiger partial charge in [0.15, 0.2) is 10.9 Å². The van der Waals surface area contributed by atoms with Crippen molar-refractivity contribution in [2.45, 2.75) is 25.9 Å². The van der Waals surface area contributed by atoms with E-state index in [-0.39, 0.29) is 29.3 Å².